The molecular weight excluding hydrogens is 639 g/mol. The second kappa shape index (κ2) is 16.0. The number of carbonyl (C=O) groups is 4. The minimum Gasteiger partial charge on any atom is -0.493 e. The zero-order valence-corrected chi connectivity index (χ0v) is 25.8. The van der Waals surface area contributed by atoms with Crippen LogP contribution in [0.2, 0.25) is 0 Å². The van der Waals surface area contributed by atoms with Gasteiger partial charge in [0.05, 0.1) is 26.7 Å². The lowest BCUT2D eigenvalue weighted by Gasteiger charge is -2.25. The summed E-state index contributed by atoms with van der Waals surface area (Å²) in [4.78, 5) is 50.3. The molecule has 0 fully saturated rings. The third-order valence-corrected chi connectivity index (χ3v) is 6.66. The first-order valence-electron chi connectivity index (χ1n) is 14.0. The molecule has 0 saturated heterocycles. The third-order valence-electron chi connectivity index (χ3n) is 6.66. The maximum atomic E-state index is 13.9. The van der Waals surface area contributed by atoms with Gasteiger partial charge in [-0.1, -0.05) is 18.2 Å². The van der Waals surface area contributed by atoms with Crippen LogP contribution in [0.4, 0.5) is 30.4 Å². The van der Waals surface area contributed by atoms with E-state index in [2.05, 4.69) is 20.9 Å². The first-order valence-corrected chi connectivity index (χ1v) is 14.0. The fourth-order valence-electron chi connectivity index (χ4n) is 4.51. The minimum atomic E-state index is -5.08. The largest absolute Gasteiger partial charge is 0.493 e. The molecule has 48 heavy (non-hydrogen) atoms. The van der Waals surface area contributed by atoms with Crippen LogP contribution in [0.3, 0.4) is 0 Å². The monoisotopic (exact) mass is 671 g/mol. The summed E-state index contributed by atoms with van der Waals surface area (Å²) in [6, 6.07) is 17.2. The van der Waals surface area contributed by atoms with E-state index in [9.17, 15) is 32.7 Å². The Balaban J connectivity index is 0.000000804. The van der Waals surface area contributed by atoms with Gasteiger partial charge >= 0.3 is 18.1 Å². The minimum absolute atomic E-state index is 0.272. The number of anilines is 3. The number of aromatic nitrogens is 1. The van der Waals surface area contributed by atoms with Gasteiger partial charge in [-0.15, -0.1) is 0 Å². The van der Waals surface area contributed by atoms with Gasteiger partial charge in [0.15, 0.2) is 11.5 Å². The third kappa shape index (κ3) is 9.97. The molecule has 0 aliphatic heterocycles. The van der Waals surface area contributed by atoms with Crippen molar-refractivity contribution in [1.82, 2.24) is 10.3 Å². The molecule has 4 rings (SSSR count). The second-order valence-electron chi connectivity index (χ2n) is 10.1. The molecule has 0 saturated carbocycles. The smallest absolute Gasteiger partial charge is 0.490 e. The van der Waals surface area contributed by atoms with E-state index in [0.29, 0.717) is 39.8 Å². The van der Waals surface area contributed by atoms with Gasteiger partial charge in [0.1, 0.15) is 11.9 Å². The number of fused-ring (bicyclic) bond motifs is 1. The van der Waals surface area contributed by atoms with Crippen molar-refractivity contribution in [3.63, 3.8) is 0 Å². The highest BCUT2D eigenvalue weighted by Gasteiger charge is 2.38. The SMILES string of the molecule is COc1ccc(C(Nc2ccc3c(N)nccc3c2)C(=O)N[C@H](CC(=O)O)c2cccc(NC(C)=O)c2)cc1OC.O=C(O)C(F)(F)F. The Hall–Kier alpha value is -6.06. The topological polar surface area (TPSA) is 202 Å². The lowest BCUT2D eigenvalue weighted by molar-refractivity contribution is -0.192. The van der Waals surface area contributed by atoms with Crippen LogP contribution in [0.5, 0.6) is 11.5 Å². The average molecular weight is 672 g/mol. The number of hydrogen-bond donors (Lipinski definition) is 6. The molecule has 0 spiro atoms. The Morgan fingerprint density at radius 1 is 0.896 bits per heavy atom. The molecule has 0 aliphatic rings. The van der Waals surface area contributed by atoms with Gasteiger partial charge in [-0.05, 0) is 65.0 Å². The van der Waals surface area contributed by atoms with Gasteiger partial charge in [0, 0.05) is 29.9 Å². The second-order valence-corrected chi connectivity index (χ2v) is 10.1. The number of carboxylic acid groups (broad SMARTS) is 2. The van der Waals surface area contributed by atoms with E-state index in [1.807, 2.05) is 18.2 Å². The summed E-state index contributed by atoms with van der Waals surface area (Å²) in [6.45, 7) is 1.38. The van der Waals surface area contributed by atoms with Crippen LogP contribution in [0.25, 0.3) is 10.8 Å². The molecule has 1 aromatic heterocycles. The quantitative estimate of drug-likeness (QED) is 0.126. The van der Waals surface area contributed by atoms with E-state index in [1.165, 1.54) is 21.1 Å². The van der Waals surface area contributed by atoms with Crippen molar-refractivity contribution in [3.05, 3.63) is 84.1 Å². The molecule has 254 valence electrons. The molecule has 0 bridgehead atoms. The van der Waals surface area contributed by atoms with Crippen LogP contribution < -0.4 is 31.2 Å². The molecule has 3 aromatic carbocycles. The number of rotatable bonds is 11. The van der Waals surface area contributed by atoms with E-state index in [4.69, 9.17) is 25.1 Å². The molecule has 2 amide bonds. The highest BCUT2D eigenvalue weighted by atomic mass is 19.4. The summed E-state index contributed by atoms with van der Waals surface area (Å²) in [6.07, 6.45) is -3.86. The highest BCUT2D eigenvalue weighted by molar-refractivity contribution is 5.94. The summed E-state index contributed by atoms with van der Waals surface area (Å²) in [7, 11) is 3.01. The maximum absolute atomic E-state index is 13.9. The van der Waals surface area contributed by atoms with Crippen LogP contribution in [-0.4, -0.2) is 59.3 Å². The van der Waals surface area contributed by atoms with Crippen molar-refractivity contribution in [2.24, 2.45) is 0 Å². The molecule has 7 N–H and O–H groups in total. The molecule has 4 aromatic rings. The first-order chi connectivity index (χ1) is 22.6. The summed E-state index contributed by atoms with van der Waals surface area (Å²) in [5.74, 6) is -3.31. The zero-order valence-electron chi connectivity index (χ0n) is 25.8. The summed E-state index contributed by atoms with van der Waals surface area (Å²) in [5, 5.41) is 27.2. The van der Waals surface area contributed by atoms with E-state index in [-0.39, 0.29) is 12.3 Å². The Labute approximate surface area is 271 Å². The van der Waals surface area contributed by atoms with Crippen LogP contribution in [0, 0.1) is 0 Å². The fourth-order valence-corrected chi connectivity index (χ4v) is 4.51. The Morgan fingerprint density at radius 3 is 2.19 bits per heavy atom. The summed E-state index contributed by atoms with van der Waals surface area (Å²) < 4.78 is 42.5. The number of nitrogen functional groups attached to an aromatic ring is 1. The summed E-state index contributed by atoms with van der Waals surface area (Å²) in [5.41, 5.74) is 8.18. The molecule has 16 heteroatoms. The van der Waals surface area contributed by atoms with Gasteiger partial charge < -0.3 is 41.4 Å². The molecule has 13 nitrogen and oxygen atoms in total. The van der Waals surface area contributed by atoms with Gasteiger partial charge in [-0.2, -0.15) is 13.2 Å². The number of carbonyl (C=O) groups excluding carboxylic acids is 2. The lowest BCUT2D eigenvalue weighted by atomic mass is 10.00. The number of amides is 2. The predicted octanol–water partition coefficient (Wildman–Crippen LogP) is 4.91. The van der Waals surface area contributed by atoms with Crippen LogP contribution >= 0.6 is 0 Å². The van der Waals surface area contributed by atoms with Crippen molar-refractivity contribution >= 4 is 51.7 Å². The van der Waals surface area contributed by atoms with Crippen LogP contribution in [-0.2, 0) is 19.2 Å². The highest BCUT2D eigenvalue weighted by Crippen LogP contribution is 2.33. The Bertz CT molecular complexity index is 1800. The van der Waals surface area contributed by atoms with E-state index in [1.54, 1.807) is 54.7 Å². The first kappa shape index (κ1) is 36.4. The molecule has 2 atom stereocenters. The standard InChI is InChI=1S/C30H31N5O6.C2HF3O2/c1-17(36)33-21-6-4-5-19(14-21)24(16-27(37)38)35-30(39)28(20-7-10-25(40-2)26(15-20)41-3)34-22-8-9-23-18(13-22)11-12-32-29(23)31;3-2(4,5)1(6)7/h4-15,24,28,34H,16H2,1-3H3,(H2,31,32)(H,33,36)(H,35,39)(H,37,38);(H,6,7)/t24-,28?;/m1./s1. The van der Waals surface area contributed by atoms with E-state index < -0.39 is 36.1 Å². The average Bonchev–Trinajstić information content (AvgIpc) is 3.02. The van der Waals surface area contributed by atoms with Gasteiger partial charge in [-0.25, -0.2) is 9.78 Å². The van der Waals surface area contributed by atoms with Gasteiger partial charge in [0.25, 0.3) is 0 Å². The van der Waals surface area contributed by atoms with E-state index in [0.717, 1.165) is 10.8 Å². The lowest BCUT2D eigenvalue weighted by Crippen LogP contribution is -2.37. The zero-order chi connectivity index (χ0) is 35.6. The van der Waals surface area contributed by atoms with Crippen LogP contribution in [0.1, 0.15) is 36.6 Å². The van der Waals surface area contributed by atoms with Crippen molar-refractivity contribution < 1.29 is 52.0 Å². The number of aliphatic carboxylic acids is 2. The summed E-state index contributed by atoms with van der Waals surface area (Å²) >= 11 is 0. The number of carboxylic acids is 2. The number of benzene rings is 3. The number of alkyl halides is 3. The number of ether oxygens (including phenoxy) is 2. The number of nitrogens with one attached hydrogen (secondary N) is 3. The van der Waals surface area contributed by atoms with Crippen molar-refractivity contribution in [2.45, 2.75) is 31.6 Å². The number of pyridine rings is 1. The van der Waals surface area contributed by atoms with Crippen molar-refractivity contribution in [2.75, 3.05) is 30.6 Å². The Morgan fingerprint density at radius 2 is 1.58 bits per heavy atom. The Kier molecular flexibility index (Phi) is 12.1. The fraction of sp³-hybridized carbons (Fsp3) is 0.219. The molecule has 1 heterocycles. The normalized spacial score (nSPS) is 12.0. The number of methoxy groups -OCH3 is 2. The molecule has 0 radical (unpaired) electrons. The number of nitrogens with two attached hydrogens (primary N) is 1. The number of halogens is 3. The van der Waals surface area contributed by atoms with Gasteiger partial charge in [-0.3, -0.25) is 14.4 Å². The predicted molar refractivity (Wildman–Crippen MR) is 170 cm³/mol. The molecule has 1 unspecified atom stereocenters. The maximum Gasteiger partial charge on any atom is 0.490 e. The molecule has 0 aliphatic carbocycles. The van der Waals surface area contributed by atoms with Crippen molar-refractivity contribution in [1.29, 1.82) is 0 Å². The van der Waals surface area contributed by atoms with Crippen LogP contribution in [0.15, 0.2) is 72.9 Å². The number of nitrogens with zero attached hydrogens (tertiary/aromatic N) is 1. The number of hydrogen-bond acceptors (Lipinski definition) is 9. The van der Waals surface area contributed by atoms with Gasteiger partial charge in [0.2, 0.25) is 11.8 Å². The molecular formula is C32H32F3N5O8. The van der Waals surface area contributed by atoms with Crippen molar-refractivity contribution in [3.8, 4) is 11.5 Å². The van der Waals surface area contributed by atoms with E-state index >= 15 is 0 Å².